The van der Waals surface area contributed by atoms with Gasteiger partial charge in [0.25, 0.3) is 5.91 Å². The van der Waals surface area contributed by atoms with Gasteiger partial charge in [-0.05, 0) is 42.3 Å². The van der Waals surface area contributed by atoms with Crippen LogP contribution in [0.15, 0.2) is 85.3 Å². The molecule has 0 fully saturated rings. The Bertz CT molecular complexity index is 1130. The van der Waals surface area contributed by atoms with Crippen molar-refractivity contribution in [1.29, 1.82) is 0 Å². The lowest BCUT2D eigenvalue weighted by Crippen LogP contribution is -2.26. The lowest BCUT2D eigenvalue weighted by Gasteiger charge is -2.14. The van der Waals surface area contributed by atoms with Crippen molar-refractivity contribution in [2.75, 3.05) is 0 Å². The van der Waals surface area contributed by atoms with Gasteiger partial charge >= 0.3 is 0 Å². The van der Waals surface area contributed by atoms with E-state index in [2.05, 4.69) is 10.3 Å². The van der Waals surface area contributed by atoms with Gasteiger partial charge in [-0.3, -0.25) is 14.5 Å². The van der Waals surface area contributed by atoms with Crippen LogP contribution in [0.5, 0.6) is 0 Å². The molecule has 0 spiro atoms. The number of aromatic nitrogens is 3. The normalized spacial score (nSPS) is 11.8. The molecule has 2 heterocycles. The van der Waals surface area contributed by atoms with Gasteiger partial charge in [0.2, 0.25) is 0 Å². The molecule has 0 bridgehead atoms. The van der Waals surface area contributed by atoms with Crippen molar-refractivity contribution in [3.05, 3.63) is 107 Å². The molecule has 6 heteroatoms. The molecule has 1 atom stereocenters. The Kier molecular flexibility index (Phi) is 5.91. The Labute approximate surface area is 180 Å². The van der Waals surface area contributed by atoms with Crippen molar-refractivity contribution in [2.24, 2.45) is 0 Å². The standard InChI is InChI=1S/C24H21ClN4O/c1-17(19-11-13-26-14-12-19)27-24(30)22-16-29(15-18-5-3-2-4-6-18)28-23(22)20-7-9-21(25)10-8-20/h2-14,16-17H,15H2,1H3,(H,27,30)/t17-/m1/s1. The fourth-order valence-electron chi connectivity index (χ4n) is 3.27. The number of carbonyl (C=O) groups excluding carboxylic acids is 1. The molecule has 2 aromatic carbocycles. The minimum atomic E-state index is -0.177. The predicted molar refractivity (Wildman–Crippen MR) is 118 cm³/mol. The first-order chi connectivity index (χ1) is 14.6. The smallest absolute Gasteiger partial charge is 0.255 e. The van der Waals surface area contributed by atoms with Crippen LogP contribution in [0.2, 0.25) is 5.02 Å². The quantitative estimate of drug-likeness (QED) is 0.473. The molecule has 1 N–H and O–H groups in total. The Morgan fingerprint density at radius 3 is 2.43 bits per heavy atom. The molecular formula is C24H21ClN4O. The number of carbonyl (C=O) groups is 1. The zero-order valence-corrected chi connectivity index (χ0v) is 17.3. The molecule has 0 aliphatic carbocycles. The highest BCUT2D eigenvalue weighted by Gasteiger charge is 2.20. The van der Waals surface area contributed by atoms with Gasteiger partial charge in [-0.15, -0.1) is 0 Å². The summed E-state index contributed by atoms with van der Waals surface area (Å²) >= 11 is 6.04. The summed E-state index contributed by atoms with van der Waals surface area (Å²) in [6.07, 6.45) is 5.23. The van der Waals surface area contributed by atoms with Crippen LogP contribution in [0, 0.1) is 0 Å². The molecule has 5 nitrogen and oxygen atoms in total. The molecule has 4 aromatic rings. The summed E-state index contributed by atoms with van der Waals surface area (Å²) in [5.41, 5.74) is 4.09. The molecule has 150 valence electrons. The van der Waals surface area contributed by atoms with Crippen LogP contribution in [0.4, 0.5) is 0 Å². The van der Waals surface area contributed by atoms with Gasteiger partial charge < -0.3 is 5.32 Å². The van der Waals surface area contributed by atoms with E-state index in [0.29, 0.717) is 22.8 Å². The maximum Gasteiger partial charge on any atom is 0.255 e. The van der Waals surface area contributed by atoms with E-state index in [4.69, 9.17) is 16.7 Å². The molecule has 30 heavy (non-hydrogen) atoms. The maximum atomic E-state index is 13.1. The second kappa shape index (κ2) is 8.93. The fourth-order valence-corrected chi connectivity index (χ4v) is 3.40. The number of amides is 1. The van der Waals surface area contributed by atoms with Crippen LogP contribution in [0.25, 0.3) is 11.3 Å². The van der Waals surface area contributed by atoms with E-state index in [1.807, 2.05) is 61.5 Å². The Morgan fingerprint density at radius 1 is 1.03 bits per heavy atom. The first kappa shape index (κ1) is 19.9. The van der Waals surface area contributed by atoms with Crippen molar-refractivity contribution >= 4 is 17.5 Å². The third kappa shape index (κ3) is 4.58. The molecule has 4 rings (SSSR count). The summed E-state index contributed by atoms with van der Waals surface area (Å²) in [6.45, 7) is 2.53. The van der Waals surface area contributed by atoms with Crippen molar-refractivity contribution < 1.29 is 4.79 Å². The second-order valence-corrected chi connectivity index (χ2v) is 7.49. The fraction of sp³-hybridized carbons (Fsp3) is 0.125. The number of halogens is 1. The van der Waals surface area contributed by atoms with Gasteiger partial charge in [-0.2, -0.15) is 5.10 Å². The number of nitrogens with one attached hydrogen (secondary N) is 1. The van der Waals surface area contributed by atoms with Crippen LogP contribution >= 0.6 is 11.6 Å². The van der Waals surface area contributed by atoms with Crippen molar-refractivity contribution in [3.8, 4) is 11.3 Å². The largest absolute Gasteiger partial charge is 0.345 e. The summed E-state index contributed by atoms with van der Waals surface area (Å²) in [6, 6.07) is 21.0. The van der Waals surface area contributed by atoms with Gasteiger partial charge in [0.15, 0.2) is 0 Å². The lowest BCUT2D eigenvalue weighted by molar-refractivity contribution is 0.0940. The number of nitrogens with zero attached hydrogens (tertiary/aromatic N) is 3. The summed E-state index contributed by atoms with van der Waals surface area (Å²) in [5, 5.41) is 8.41. The molecule has 2 aromatic heterocycles. The van der Waals surface area contributed by atoms with Gasteiger partial charge in [0, 0.05) is 29.2 Å². The monoisotopic (exact) mass is 416 g/mol. The number of benzene rings is 2. The first-order valence-electron chi connectivity index (χ1n) is 9.68. The van der Waals surface area contributed by atoms with Crippen molar-refractivity contribution in [2.45, 2.75) is 19.5 Å². The number of rotatable bonds is 6. The molecule has 0 aliphatic rings. The van der Waals surface area contributed by atoms with Crippen LogP contribution in [-0.2, 0) is 6.54 Å². The van der Waals surface area contributed by atoms with Crippen LogP contribution in [-0.4, -0.2) is 20.7 Å². The number of pyridine rings is 1. The summed E-state index contributed by atoms with van der Waals surface area (Å²) in [7, 11) is 0. The summed E-state index contributed by atoms with van der Waals surface area (Å²) in [5.74, 6) is -0.177. The topological polar surface area (TPSA) is 59.8 Å². The van der Waals surface area contributed by atoms with Gasteiger partial charge in [-0.25, -0.2) is 0 Å². The first-order valence-corrected chi connectivity index (χ1v) is 10.1. The van der Waals surface area contributed by atoms with Crippen LogP contribution in [0.1, 0.15) is 34.5 Å². The summed E-state index contributed by atoms with van der Waals surface area (Å²) < 4.78 is 1.80. The van der Waals surface area contributed by atoms with E-state index in [1.54, 1.807) is 35.4 Å². The van der Waals surface area contributed by atoms with Gasteiger partial charge in [-0.1, -0.05) is 54.1 Å². The molecule has 0 saturated heterocycles. The van der Waals surface area contributed by atoms with E-state index in [-0.39, 0.29) is 11.9 Å². The van der Waals surface area contributed by atoms with Crippen molar-refractivity contribution in [3.63, 3.8) is 0 Å². The highest BCUT2D eigenvalue weighted by Crippen LogP contribution is 2.25. The minimum Gasteiger partial charge on any atom is -0.345 e. The van der Waals surface area contributed by atoms with E-state index >= 15 is 0 Å². The number of hydrogen-bond donors (Lipinski definition) is 1. The molecule has 0 saturated carbocycles. The van der Waals surface area contributed by atoms with Crippen molar-refractivity contribution in [1.82, 2.24) is 20.1 Å². The SMILES string of the molecule is C[C@@H](NC(=O)c1cn(Cc2ccccc2)nc1-c1ccc(Cl)cc1)c1ccncc1. The summed E-state index contributed by atoms with van der Waals surface area (Å²) in [4.78, 5) is 17.2. The molecule has 1 amide bonds. The van der Waals surface area contributed by atoms with Gasteiger partial charge in [0.05, 0.1) is 18.2 Å². The maximum absolute atomic E-state index is 13.1. The highest BCUT2D eigenvalue weighted by atomic mass is 35.5. The molecular weight excluding hydrogens is 396 g/mol. The molecule has 0 radical (unpaired) electrons. The Balaban J connectivity index is 1.65. The average molecular weight is 417 g/mol. The van der Waals surface area contributed by atoms with E-state index < -0.39 is 0 Å². The second-order valence-electron chi connectivity index (χ2n) is 7.06. The predicted octanol–water partition coefficient (Wildman–Crippen LogP) is 5.14. The lowest BCUT2D eigenvalue weighted by atomic mass is 10.1. The van der Waals surface area contributed by atoms with E-state index in [9.17, 15) is 4.79 Å². The molecule has 0 aliphatic heterocycles. The highest BCUT2D eigenvalue weighted by molar-refractivity contribution is 6.30. The minimum absolute atomic E-state index is 0.156. The van der Waals surface area contributed by atoms with E-state index in [1.165, 1.54) is 0 Å². The zero-order chi connectivity index (χ0) is 20.9. The molecule has 0 unspecified atom stereocenters. The van der Waals surface area contributed by atoms with Crippen LogP contribution in [0.3, 0.4) is 0 Å². The Morgan fingerprint density at radius 2 is 1.73 bits per heavy atom. The Hall–Kier alpha value is -3.44. The van der Waals surface area contributed by atoms with Gasteiger partial charge in [0.1, 0.15) is 5.69 Å². The average Bonchev–Trinajstić information content (AvgIpc) is 3.19. The third-order valence-corrected chi connectivity index (χ3v) is 5.12. The number of hydrogen-bond acceptors (Lipinski definition) is 3. The van der Waals surface area contributed by atoms with Crippen LogP contribution < -0.4 is 5.32 Å². The zero-order valence-electron chi connectivity index (χ0n) is 16.5. The van der Waals surface area contributed by atoms with E-state index in [0.717, 1.165) is 16.7 Å². The third-order valence-electron chi connectivity index (χ3n) is 4.87.